The average Bonchev–Trinajstić information content (AvgIpc) is 2.92. The van der Waals surface area contributed by atoms with Gasteiger partial charge in [-0.15, -0.1) is 0 Å². The lowest BCUT2D eigenvalue weighted by Gasteiger charge is -2.35. The van der Waals surface area contributed by atoms with Gasteiger partial charge in [0.25, 0.3) is 0 Å². The molecule has 2 N–H and O–H groups in total. The number of rotatable bonds is 4. The van der Waals surface area contributed by atoms with Crippen LogP contribution in [0.4, 0.5) is 0 Å². The van der Waals surface area contributed by atoms with E-state index in [-0.39, 0.29) is 0 Å². The van der Waals surface area contributed by atoms with Gasteiger partial charge in [-0.1, -0.05) is 18.2 Å². The Kier molecular flexibility index (Phi) is 4.27. The second-order valence-electron chi connectivity index (χ2n) is 6.36. The predicted molar refractivity (Wildman–Crippen MR) is 82.6 cm³/mol. The minimum Gasteiger partial charge on any atom is -0.480 e. The van der Waals surface area contributed by atoms with Gasteiger partial charge in [0, 0.05) is 25.7 Å². The number of aryl methyl sites for hydroxylation is 2. The lowest BCUT2D eigenvalue weighted by molar-refractivity contribution is -0.143. The van der Waals surface area contributed by atoms with Crippen molar-refractivity contribution in [3.63, 3.8) is 0 Å². The van der Waals surface area contributed by atoms with Crippen LogP contribution in [0.5, 0.6) is 0 Å². The van der Waals surface area contributed by atoms with E-state index < -0.39 is 12.0 Å². The zero-order chi connectivity index (χ0) is 14.8. The van der Waals surface area contributed by atoms with Crippen LogP contribution in [0.2, 0.25) is 0 Å². The van der Waals surface area contributed by atoms with Gasteiger partial charge in [0.2, 0.25) is 0 Å². The Labute approximate surface area is 126 Å². The van der Waals surface area contributed by atoms with Crippen LogP contribution in [0.25, 0.3) is 0 Å². The summed E-state index contributed by atoms with van der Waals surface area (Å²) in [7, 11) is 0. The van der Waals surface area contributed by atoms with Crippen molar-refractivity contribution in [1.29, 1.82) is 0 Å². The number of piperazine rings is 1. The number of fused-ring (bicyclic) bond motifs is 1. The summed E-state index contributed by atoms with van der Waals surface area (Å²) in [5.41, 5.74) is 4.03. The molecule has 0 spiro atoms. The fourth-order valence-electron chi connectivity index (χ4n) is 3.59. The van der Waals surface area contributed by atoms with Crippen LogP contribution in [0.3, 0.4) is 0 Å². The van der Waals surface area contributed by atoms with Crippen LogP contribution in [0.15, 0.2) is 18.2 Å². The molecular formula is C17H24N2O2. The average molecular weight is 288 g/mol. The van der Waals surface area contributed by atoms with Crippen molar-refractivity contribution in [3.05, 3.63) is 34.9 Å². The molecule has 1 aromatic carbocycles. The molecule has 0 amide bonds. The van der Waals surface area contributed by atoms with Crippen LogP contribution >= 0.6 is 0 Å². The van der Waals surface area contributed by atoms with Crippen molar-refractivity contribution >= 4 is 5.97 Å². The van der Waals surface area contributed by atoms with Gasteiger partial charge in [-0.25, -0.2) is 0 Å². The number of carboxylic acid groups (broad SMARTS) is 1. The molecule has 1 aromatic rings. The molecule has 1 heterocycles. The maximum absolute atomic E-state index is 11.7. The quantitative estimate of drug-likeness (QED) is 0.881. The van der Waals surface area contributed by atoms with Gasteiger partial charge in [0.1, 0.15) is 6.04 Å². The third-order valence-electron chi connectivity index (χ3n) is 4.72. The predicted octanol–water partition coefficient (Wildman–Crippen LogP) is 1.46. The minimum atomic E-state index is -0.704. The lowest BCUT2D eigenvalue weighted by atomic mass is 9.99. The van der Waals surface area contributed by atoms with Gasteiger partial charge in [0.15, 0.2) is 0 Å². The Morgan fingerprint density at radius 3 is 3.00 bits per heavy atom. The van der Waals surface area contributed by atoms with Crippen molar-refractivity contribution in [2.24, 2.45) is 0 Å². The number of nitrogens with zero attached hydrogens (tertiary/aromatic N) is 1. The van der Waals surface area contributed by atoms with Crippen LogP contribution in [0, 0.1) is 0 Å². The monoisotopic (exact) mass is 288 g/mol. The summed E-state index contributed by atoms with van der Waals surface area (Å²) in [5, 5.41) is 13.0. The number of hydrogen-bond acceptors (Lipinski definition) is 3. The van der Waals surface area contributed by atoms with Crippen molar-refractivity contribution in [1.82, 2.24) is 10.2 Å². The van der Waals surface area contributed by atoms with Gasteiger partial charge in [0.05, 0.1) is 0 Å². The first-order valence-corrected chi connectivity index (χ1v) is 7.94. The summed E-state index contributed by atoms with van der Waals surface area (Å²) >= 11 is 0. The molecule has 1 saturated heterocycles. The van der Waals surface area contributed by atoms with E-state index in [1.165, 1.54) is 24.0 Å². The van der Waals surface area contributed by atoms with Crippen molar-refractivity contribution in [3.8, 4) is 0 Å². The fourth-order valence-corrected chi connectivity index (χ4v) is 3.59. The van der Waals surface area contributed by atoms with Gasteiger partial charge in [-0.05, 0) is 49.3 Å². The summed E-state index contributed by atoms with van der Waals surface area (Å²) in [6.45, 7) is 4.60. The van der Waals surface area contributed by atoms with Crippen LogP contribution in [-0.4, -0.2) is 47.7 Å². The van der Waals surface area contributed by atoms with E-state index in [0.29, 0.717) is 12.5 Å². The van der Waals surface area contributed by atoms with E-state index in [2.05, 4.69) is 35.3 Å². The molecule has 1 aliphatic heterocycles. The molecule has 0 saturated carbocycles. The van der Waals surface area contributed by atoms with E-state index >= 15 is 0 Å². The third-order valence-corrected chi connectivity index (χ3v) is 4.72. The van der Waals surface area contributed by atoms with Crippen LogP contribution in [-0.2, 0) is 24.1 Å². The highest BCUT2D eigenvalue weighted by Gasteiger charge is 2.29. The minimum absolute atomic E-state index is 0.362. The van der Waals surface area contributed by atoms with Crippen molar-refractivity contribution in [2.75, 3.05) is 19.6 Å². The smallest absolute Gasteiger partial charge is 0.321 e. The maximum atomic E-state index is 11.7. The SMILES string of the molecule is C[C@H]1CN(C(Cc2ccc3c(c2)CCC3)C(=O)O)CCN1. The second-order valence-corrected chi connectivity index (χ2v) is 6.36. The third kappa shape index (κ3) is 3.27. The first-order valence-electron chi connectivity index (χ1n) is 7.94. The van der Waals surface area contributed by atoms with E-state index in [4.69, 9.17) is 0 Å². The number of benzene rings is 1. The van der Waals surface area contributed by atoms with Crippen molar-refractivity contribution < 1.29 is 9.90 Å². The molecule has 2 aliphatic rings. The standard InChI is InChI=1S/C17H24N2O2/c1-12-11-19(8-7-18-12)16(17(20)21)10-13-5-6-14-3-2-4-15(14)9-13/h5-6,9,12,16,18H,2-4,7-8,10-11H2,1H3,(H,20,21)/t12-,16?/m0/s1. The zero-order valence-corrected chi connectivity index (χ0v) is 12.6. The summed E-state index contributed by atoms with van der Waals surface area (Å²) in [5.74, 6) is -0.704. The lowest BCUT2D eigenvalue weighted by Crippen LogP contribution is -2.55. The number of hydrogen-bond donors (Lipinski definition) is 2. The first kappa shape index (κ1) is 14.5. The van der Waals surface area contributed by atoms with Crippen molar-refractivity contribution in [2.45, 2.75) is 44.7 Å². The summed E-state index contributed by atoms with van der Waals surface area (Å²) in [4.78, 5) is 13.8. The van der Waals surface area contributed by atoms with Gasteiger partial charge < -0.3 is 10.4 Å². The molecule has 4 nitrogen and oxygen atoms in total. The van der Waals surface area contributed by atoms with Crippen LogP contribution < -0.4 is 5.32 Å². The van der Waals surface area contributed by atoms with E-state index in [1.54, 1.807) is 0 Å². The largest absolute Gasteiger partial charge is 0.480 e. The molecule has 0 radical (unpaired) electrons. The highest BCUT2D eigenvalue weighted by atomic mass is 16.4. The van der Waals surface area contributed by atoms with Crippen LogP contribution in [0.1, 0.15) is 30.0 Å². The number of nitrogens with one attached hydrogen (secondary N) is 1. The Hall–Kier alpha value is -1.39. The number of carbonyl (C=O) groups is 1. The molecule has 0 bridgehead atoms. The summed E-state index contributed by atoms with van der Waals surface area (Å²) in [6, 6.07) is 6.49. The topological polar surface area (TPSA) is 52.6 Å². The Balaban J connectivity index is 1.74. The Morgan fingerprint density at radius 2 is 2.24 bits per heavy atom. The van der Waals surface area contributed by atoms with Gasteiger partial charge in [-0.2, -0.15) is 0 Å². The molecule has 1 unspecified atom stereocenters. The maximum Gasteiger partial charge on any atom is 0.321 e. The second kappa shape index (κ2) is 6.16. The molecule has 2 atom stereocenters. The number of carboxylic acids is 1. The molecular weight excluding hydrogens is 264 g/mol. The molecule has 1 fully saturated rings. The summed E-state index contributed by atoms with van der Waals surface area (Å²) in [6.07, 6.45) is 4.16. The highest BCUT2D eigenvalue weighted by molar-refractivity contribution is 5.74. The molecule has 114 valence electrons. The van der Waals surface area contributed by atoms with Gasteiger partial charge >= 0.3 is 5.97 Å². The molecule has 3 rings (SSSR count). The fraction of sp³-hybridized carbons (Fsp3) is 0.588. The number of aliphatic carboxylic acids is 1. The zero-order valence-electron chi connectivity index (χ0n) is 12.6. The normalized spacial score (nSPS) is 23.8. The molecule has 0 aromatic heterocycles. The Morgan fingerprint density at radius 1 is 1.43 bits per heavy atom. The van der Waals surface area contributed by atoms with E-state index in [0.717, 1.165) is 31.6 Å². The summed E-state index contributed by atoms with van der Waals surface area (Å²) < 4.78 is 0. The van der Waals surface area contributed by atoms with E-state index in [1.807, 2.05) is 0 Å². The van der Waals surface area contributed by atoms with Gasteiger partial charge in [-0.3, -0.25) is 9.69 Å². The van der Waals surface area contributed by atoms with E-state index in [9.17, 15) is 9.90 Å². The molecule has 1 aliphatic carbocycles. The molecule has 21 heavy (non-hydrogen) atoms. The molecule has 4 heteroatoms. The first-order chi connectivity index (χ1) is 10.1. The Bertz CT molecular complexity index is 530. The highest BCUT2D eigenvalue weighted by Crippen LogP contribution is 2.24.